The minimum atomic E-state index is -0.596. The molecule has 1 aliphatic rings. The van der Waals surface area contributed by atoms with Gasteiger partial charge < -0.3 is 20.1 Å². The molecule has 0 unspecified atom stereocenters. The van der Waals surface area contributed by atoms with Crippen molar-refractivity contribution in [2.75, 3.05) is 39.5 Å². The van der Waals surface area contributed by atoms with Crippen LogP contribution < -0.4 is 15.4 Å². The molecule has 1 fully saturated rings. The molecule has 0 radical (unpaired) electrons. The molecule has 0 aliphatic carbocycles. The van der Waals surface area contributed by atoms with Crippen LogP contribution >= 0.6 is 0 Å². The van der Waals surface area contributed by atoms with E-state index in [0.717, 1.165) is 32.1 Å². The highest BCUT2D eigenvalue weighted by atomic mass is 16.5. The van der Waals surface area contributed by atoms with Crippen molar-refractivity contribution in [1.82, 2.24) is 15.5 Å². The van der Waals surface area contributed by atoms with E-state index in [9.17, 15) is 9.59 Å². The van der Waals surface area contributed by atoms with E-state index < -0.39 is 6.04 Å². The number of benzene rings is 1. The third-order valence-electron chi connectivity index (χ3n) is 5.43. The number of morpholine rings is 1. The molecule has 0 bridgehead atoms. The summed E-state index contributed by atoms with van der Waals surface area (Å²) in [6.45, 7) is 14.4. The second-order valence-electron chi connectivity index (χ2n) is 8.36. The Kier molecular flexibility index (Phi) is 9.59. The summed E-state index contributed by atoms with van der Waals surface area (Å²) in [5.74, 6) is 0.676. The standard InChI is InChI=1S/C23H37N3O4/c1-6-30-19-9-7-18(8-10-19)22(27)25-21(17(4)5)23(28)24-15-20(16(2)3)26-11-13-29-14-12-26/h7-10,16-17,20-21H,6,11-15H2,1-5H3,(H,24,28)(H,25,27)/t20-,21-/m0/s1. The molecule has 30 heavy (non-hydrogen) atoms. The topological polar surface area (TPSA) is 79.9 Å². The molecule has 168 valence electrons. The maximum Gasteiger partial charge on any atom is 0.251 e. The third-order valence-corrected chi connectivity index (χ3v) is 5.43. The maximum atomic E-state index is 12.9. The molecule has 0 spiro atoms. The van der Waals surface area contributed by atoms with Crippen LogP contribution in [0.1, 0.15) is 45.0 Å². The van der Waals surface area contributed by atoms with Crippen molar-refractivity contribution < 1.29 is 19.1 Å². The summed E-state index contributed by atoms with van der Waals surface area (Å²) in [5, 5.41) is 5.96. The molecule has 1 aliphatic heterocycles. The highest BCUT2D eigenvalue weighted by Crippen LogP contribution is 2.14. The van der Waals surface area contributed by atoms with Crippen LogP contribution in [0.5, 0.6) is 5.75 Å². The molecule has 1 aromatic rings. The Labute approximate surface area is 180 Å². The predicted molar refractivity (Wildman–Crippen MR) is 118 cm³/mol. The Balaban J connectivity index is 1.96. The Morgan fingerprint density at radius 1 is 1.07 bits per heavy atom. The summed E-state index contributed by atoms with van der Waals surface area (Å²) in [4.78, 5) is 28.0. The first-order chi connectivity index (χ1) is 14.3. The number of hydrogen-bond acceptors (Lipinski definition) is 5. The minimum Gasteiger partial charge on any atom is -0.494 e. The SMILES string of the molecule is CCOc1ccc(C(=O)N[C@H](C(=O)NC[C@@H](C(C)C)N2CCOCC2)C(C)C)cc1. The fourth-order valence-corrected chi connectivity index (χ4v) is 3.64. The van der Waals surface area contributed by atoms with Gasteiger partial charge in [0, 0.05) is 31.2 Å². The lowest BCUT2D eigenvalue weighted by molar-refractivity contribution is -0.124. The first kappa shape index (κ1) is 24.2. The van der Waals surface area contributed by atoms with E-state index in [1.165, 1.54) is 0 Å². The average molecular weight is 420 g/mol. The van der Waals surface area contributed by atoms with Gasteiger partial charge >= 0.3 is 0 Å². The fourth-order valence-electron chi connectivity index (χ4n) is 3.64. The number of hydrogen-bond donors (Lipinski definition) is 2. The van der Waals surface area contributed by atoms with Gasteiger partial charge in [-0.1, -0.05) is 27.7 Å². The number of amides is 2. The zero-order chi connectivity index (χ0) is 22.1. The van der Waals surface area contributed by atoms with Crippen LogP contribution in [0.15, 0.2) is 24.3 Å². The van der Waals surface area contributed by atoms with Crippen LogP contribution in [-0.4, -0.2) is 68.3 Å². The Morgan fingerprint density at radius 3 is 2.23 bits per heavy atom. The highest BCUT2D eigenvalue weighted by Gasteiger charge is 2.28. The molecule has 0 saturated carbocycles. The van der Waals surface area contributed by atoms with Crippen LogP contribution in [0, 0.1) is 11.8 Å². The second kappa shape index (κ2) is 11.9. The molecule has 2 rings (SSSR count). The van der Waals surface area contributed by atoms with Gasteiger partial charge in [-0.3, -0.25) is 14.5 Å². The Morgan fingerprint density at radius 2 is 1.70 bits per heavy atom. The Hall–Kier alpha value is -2.12. The van der Waals surface area contributed by atoms with Gasteiger partial charge in [0.15, 0.2) is 0 Å². The molecule has 0 aromatic heterocycles. The van der Waals surface area contributed by atoms with E-state index >= 15 is 0 Å². The molecule has 7 heteroatoms. The predicted octanol–water partition coefficient (Wildman–Crippen LogP) is 2.31. The smallest absolute Gasteiger partial charge is 0.251 e. The van der Waals surface area contributed by atoms with Crippen molar-refractivity contribution in [2.24, 2.45) is 11.8 Å². The van der Waals surface area contributed by atoms with Crippen molar-refractivity contribution >= 4 is 11.8 Å². The number of rotatable bonds is 10. The van der Waals surface area contributed by atoms with E-state index in [4.69, 9.17) is 9.47 Å². The van der Waals surface area contributed by atoms with E-state index in [1.807, 2.05) is 20.8 Å². The van der Waals surface area contributed by atoms with Crippen LogP contribution in [0.3, 0.4) is 0 Å². The lowest BCUT2D eigenvalue weighted by atomic mass is 10.00. The van der Waals surface area contributed by atoms with E-state index in [-0.39, 0.29) is 23.8 Å². The number of carbonyl (C=O) groups excluding carboxylic acids is 2. The van der Waals surface area contributed by atoms with Crippen LogP contribution in [-0.2, 0) is 9.53 Å². The Bertz CT molecular complexity index is 670. The van der Waals surface area contributed by atoms with Crippen molar-refractivity contribution in [3.63, 3.8) is 0 Å². The first-order valence-electron chi connectivity index (χ1n) is 11.0. The summed E-state index contributed by atoms with van der Waals surface area (Å²) in [6.07, 6.45) is 0. The molecule has 2 atom stereocenters. The molecule has 7 nitrogen and oxygen atoms in total. The van der Waals surface area contributed by atoms with Crippen LogP contribution in [0.25, 0.3) is 0 Å². The third kappa shape index (κ3) is 6.99. The van der Waals surface area contributed by atoms with Crippen LogP contribution in [0.2, 0.25) is 0 Å². The molecule has 1 saturated heterocycles. The van der Waals surface area contributed by atoms with Gasteiger partial charge in [0.2, 0.25) is 5.91 Å². The molecular formula is C23H37N3O4. The zero-order valence-corrected chi connectivity index (χ0v) is 18.9. The summed E-state index contributed by atoms with van der Waals surface area (Å²) < 4.78 is 10.9. The van der Waals surface area contributed by atoms with E-state index in [0.29, 0.717) is 24.6 Å². The van der Waals surface area contributed by atoms with E-state index in [2.05, 4.69) is 29.4 Å². The van der Waals surface area contributed by atoms with Gasteiger partial charge in [-0.15, -0.1) is 0 Å². The van der Waals surface area contributed by atoms with Gasteiger partial charge in [0.25, 0.3) is 5.91 Å². The summed E-state index contributed by atoms with van der Waals surface area (Å²) in [7, 11) is 0. The van der Waals surface area contributed by atoms with Crippen molar-refractivity contribution in [1.29, 1.82) is 0 Å². The first-order valence-corrected chi connectivity index (χ1v) is 11.0. The lowest BCUT2D eigenvalue weighted by Gasteiger charge is -2.37. The van der Waals surface area contributed by atoms with Crippen molar-refractivity contribution in [2.45, 2.75) is 46.7 Å². The molecular weight excluding hydrogens is 382 g/mol. The number of carbonyl (C=O) groups is 2. The quantitative estimate of drug-likeness (QED) is 0.608. The lowest BCUT2D eigenvalue weighted by Crippen LogP contribution is -2.55. The van der Waals surface area contributed by atoms with Gasteiger partial charge in [0.1, 0.15) is 11.8 Å². The van der Waals surface area contributed by atoms with Crippen molar-refractivity contribution in [3.05, 3.63) is 29.8 Å². The summed E-state index contributed by atoms with van der Waals surface area (Å²) >= 11 is 0. The molecule has 1 aromatic carbocycles. The number of nitrogens with zero attached hydrogens (tertiary/aromatic N) is 1. The summed E-state index contributed by atoms with van der Waals surface area (Å²) in [6, 6.07) is 6.59. The van der Waals surface area contributed by atoms with Gasteiger partial charge in [-0.2, -0.15) is 0 Å². The van der Waals surface area contributed by atoms with E-state index in [1.54, 1.807) is 24.3 Å². The van der Waals surface area contributed by atoms with Crippen molar-refractivity contribution in [3.8, 4) is 5.75 Å². The monoisotopic (exact) mass is 419 g/mol. The summed E-state index contributed by atoms with van der Waals surface area (Å²) in [5.41, 5.74) is 0.505. The fraction of sp³-hybridized carbons (Fsp3) is 0.652. The van der Waals surface area contributed by atoms with Gasteiger partial charge in [-0.25, -0.2) is 0 Å². The molecule has 1 heterocycles. The van der Waals surface area contributed by atoms with Gasteiger partial charge in [-0.05, 0) is 43.0 Å². The number of ether oxygens (including phenoxy) is 2. The second-order valence-corrected chi connectivity index (χ2v) is 8.36. The molecule has 2 amide bonds. The largest absolute Gasteiger partial charge is 0.494 e. The minimum absolute atomic E-state index is 0.0301. The maximum absolute atomic E-state index is 12.9. The average Bonchev–Trinajstić information content (AvgIpc) is 2.73. The zero-order valence-electron chi connectivity index (χ0n) is 18.9. The van der Waals surface area contributed by atoms with Crippen LogP contribution in [0.4, 0.5) is 0 Å². The number of nitrogens with one attached hydrogen (secondary N) is 2. The van der Waals surface area contributed by atoms with Gasteiger partial charge in [0.05, 0.1) is 19.8 Å². The highest BCUT2D eigenvalue weighted by molar-refractivity contribution is 5.97. The normalized spacial score (nSPS) is 16.9. The molecule has 2 N–H and O–H groups in total.